The van der Waals surface area contributed by atoms with Crippen molar-refractivity contribution >= 4 is 6.21 Å². The van der Waals surface area contributed by atoms with Crippen molar-refractivity contribution in [1.82, 2.24) is 5.31 Å². The number of ether oxygens (including phenoxy) is 1. The molecular weight excluding hydrogens is 176 g/mol. The number of aliphatic imine (C=N–C) groups is 1. The molecular formula is C11H10N2O. The van der Waals surface area contributed by atoms with Gasteiger partial charge in [0.25, 0.3) is 0 Å². The zero-order valence-corrected chi connectivity index (χ0v) is 7.47. The molecule has 2 aliphatic rings. The fourth-order valence-corrected chi connectivity index (χ4v) is 1.55. The zero-order valence-electron chi connectivity index (χ0n) is 9.47. The van der Waals surface area contributed by atoms with E-state index in [1.807, 2.05) is 24.3 Å². The van der Waals surface area contributed by atoms with Crippen LogP contribution in [0.2, 0.25) is 1.41 Å². The van der Waals surface area contributed by atoms with Crippen LogP contribution in [0.1, 0.15) is 6.93 Å². The number of nitrogens with one attached hydrogen (secondary N) is 1. The Labute approximate surface area is 85.0 Å². The van der Waals surface area contributed by atoms with Crippen LogP contribution in [0.25, 0.3) is 0 Å². The molecule has 2 heterocycles. The summed E-state index contributed by atoms with van der Waals surface area (Å²) in [7, 11) is 0. The monoisotopic (exact) mass is 188 g/mol. The Morgan fingerprint density at radius 2 is 2.43 bits per heavy atom. The summed E-state index contributed by atoms with van der Waals surface area (Å²) in [5, 5.41) is 1.17. The maximum atomic E-state index is 8.13. The molecule has 3 rings (SSSR count). The van der Waals surface area contributed by atoms with Crippen LogP contribution in [0.3, 0.4) is 0 Å². The second-order valence-electron chi connectivity index (χ2n) is 3.16. The lowest BCUT2D eigenvalue weighted by Crippen LogP contribution is -2.27. The van der Waals surface area contributed by atoms with Crippen molar-refractivity contribution in [1.29, 1.82) is 0 Å². The lowest BCUT2D eigenvalue weighted by Gasteiger charge is -2.23. The summed E-state index contributed by atoms with van der Waals surface area (Å²) >= 11 is 0. The Morgan fingerprint density at radius 1 is 1.50 bits per heavy atom. The molecule has 1 atom stereocenters. The van der Waals surface area contributed by atoms with Crippen molar-refractivity contribution in [2.45, 2.75) is 6.40 Å². The number of rotatable bonds is 0. The Kier molecular flexibility index (Phi) is 1.20. The third kappa shape index (κ3) is 1.09. The van der Waals surface area contributed by atoms with E-state index >= 15 is 0 Å². The number of nitrogens with zero attached hydrogens (tertiary/aromatic N) is 1. The van der Waals surface area contributed by atoms with Crippen LogP contribution < -0.4 is 10.0 Å². The van der Waals surface area contributed by atoms with Gasteiger partial charge in [-0.3, -0.25) is 4.99 Å². The van der Waals surface area contributed by atoms with E-state index in [0.717, 1.165) is 5.56 Å². The molecule has 3 nitrogen and oxygen atoms in total. The van der Waals surface area contributed by atoms with E-state index in [1.54, 1.807) is 6.21 Å². The molecule has 0 amide bonds. The number of hydrogen-bond donors (Lipinski definition) is 1. The van der Waals surface area contributed by atoms with Gasteiger partial charge in [0.05, 0.1) is 0 Å². The highest BCUT2D eigenvalue weighted by Gasteiger charge is 2.19. The Balaban J connectivity index is 2.12. The van der Waals surface area contributed by atoms with Gasteiger partial charge in [-0.2, -0.15) is 0 Å². The SMILES string of the molecule is [2H]C1C2=C(Oc3ccccc31)N([2H])CN=C2. The Bertz CT molecular complexity index is 499. The summed E-state index contributed by atoms with van der Waals surface area (Å²) < 4.78 is 21.4. The molecule has 0 radical (unpaired) electrons. The molecule has 0 fully saturated rings. The largest absolute Gasteiger partial charge is 0.441 e. The lowest BCUT2D eigenvalue weighted by molar-refractivity contribution is 0.362. The normalized spacial score (nSPS) is 26.0. The Hall–Kier alpha value is -1.77. The van der Waals surface area contributed by atoms with E-state index in [1.165, 1.54) is 5.31 Å². The van der Waals surface area contributed by atoms with Crippen LogP contribution in [-0.2, 0) is 6.40 Å². The molecule has 1 aromatic carbocycles. The summed E-state index contributed by atoms with van der Waals surface area (Å²) in [5.74, 6) is 1.09. The van der Waals surface area contributed by atoms with Gasteiger partial charge in [0.1, 0.15) is 12.4 Å². The standard InChI is InChI=1S/C11H10N2O/c1-2-4-10-8(3-1)5-9-6-12-7-13-11(9)14-10/h1-4,6,13H,5,7H2/i5D/hD. The number of fused-ring (bicyclic) bond motifs is 1. The third-order valence-electron chi connectivity index (χ3n) is 2.21. The van der Waals surface area contributed by atoms with Gasteiger partial charge >= 0.3 is 0 Å². The predicted molar refractivity (Wildman–Crippen MR) is 54.3 cm³/mol. The van der Waals surface area contributed by atoms with Gasteiger partial charge in [0.15, 0.2) is 7.29 Å². The number of hydrogen-bond acceptors (Lipinski definition) is 3. The zero-order chi connectivity index (χ0) is 11.1. The predicted octanol–water partition coefficient (Wildman–Crippen LogP) is 1.46. The first-order valence-corrected chi connectivity index (χ1v) is 4.47. The minimum Gasteiger partial charge on any atom is -0.441 e. The summed E-state index contributed by atoms with van der Waals surface area (Å²) in [6.45, 7) is 0.258. The highest BCUT2D eigenvalue weighted by atomic mass is 16.5. The second kappa shape index (κ2) is 2.87. The van der Waals surface area contributed by atoms with Crippen molar-refractivity contribution in [3.8, 4) is 5.75 Å². The Morgan fingerprint density at radius 3 is 3.43 bits per heavy atom. The molecule has 0 bridgehead atoms. The smallest absolute Gasteiger partial charge is 0.199 e. The average molecular weight is 188 g/mol. The van der Waals surface area contributed by atoms with E-state index in [4.69, 9.17) is 7.52 Å². The first-order valence-electron chi connectivity index (χ1n) is 5.49. The van der Waals surface area contributed by atoms with Gasteiger partial charge in [-0.05, 0) is 11.6 Å². The average Bonchev–Trinajstić information content (AvgIpc) is 2.31. The summed E-state index contributed by atoms with van der Waals surface area (Å²) in [6, 6.07) is 7.43. The van der Waals surface area contributed by atoms with Gasteiger partial charge in [-0.15, -0.1) is 0 Å². The van der Waals surface area contributed by atoms with Gasteiger partial charge in [-0.1, -0.05) is 18.2 Å². The molecule has 1 aromatic rings. The van der Waals surface area contributed by atoms with Crippen LogP contribution >= 0.6 is 0 Å². The minimum absolute atomic E-state index is 0.258. The molecule has 0 aromatic heterocycles. The highest BCUT2D eigenvalue weighted by Crippen LogP contribution is 2.28. The lowest BCUT2D eigenvalue weighted by atomic mass is 10.0. The van der Waals surface area contributed by atoms with Crippen LogP contribution in [0.4, 0.5) is 0 Å². The van der Waals surface area contributed by atoms with Crippen molar-refractivity contribution in [2.24, 2.45) is 4.99 Å². The molecule has 1 N–H and O–H groups in total. The number of para-hydroxylation sites is 1. The van der Waals surface area contributed by atoms with Crippen molar-refractivity contribution in [3.63, 3.8) is 0 Å². The third-order valence-corrected chi connectivity index (χ3v) is 2.21. The van der Waals surface area contributed by atoms with E-state index in [9.17, 15) is 0 Å². The van der Waals surface area contributed by atoms with Gasteiger partial charge in [0.2, 0.25) is 0 Å². The van der Waals surface area contributed by atoms with E-state index < -0.39 is 6.40 Å². The van der Waals surface area contributed by atoms with Crippen molar-refractivity contribution in [2.75, 3.05) is 6.67 Å². The fourth-order valence-electron chi connectivity index (χ4n) is 1.55. The van der Waals surface area contributed by atoms with Gasteiger partial charge < -0.3 is 10.0 Å². The van der Waals surface area contributed by atoms with E-state index in [2.05, 4.69) is 4.99 Å². The minimum atomic E-state index is -0.517. The summed E-state index contributed by atoms with van der Waals surface area (Å²) in [5.41, 5.74) is 1.47. The molecule has 70 valence electrons. The second-order valence-corrected chi connectivity index (χ2v) is 3.16. The van der Waals surface area contributed by atoms with Gasteiger partial charge in [0, 0.05) is 19.6 Å². The maximum Gasteiger partial charge on any atom is 0.199 e. The first-order chi connectivity index (χ1) is 7.77. The fraction of sp³-hybridized carbons (Fsp3) is 0.182. The quantitative estimate of drug-likeness (QED) is 0.668. The molecule has 14 heavy (non-hydrogen) atoms. The van der Waals surface area contributed by atoms with Crippen LogP contribution in [0, 0.1) is 0 Å². The van der Waals surface area contributed by atoms with Crippen LogP contribution in [-0.4, -0.2) is 12.9 Å². The molecule has 0 spiro atoms. The molecule has 1 unspecified atom stereocenters. The number of allylic oxidation sites excluding steroid dienone is 1. The molecule has 3 heteroatoms. The van der Waals surface area contributed by atoms with E-state index in [0.29, 0.717) is 17.2 Å². The summed E-state index contributed by atoms with van der Waals surface area (Å²) in [6.07, 6.45) is 1.12. The first kappa shape index (κ1) is 5.86. The highest BCUT2D eigenvalue weighted by molar-refractivity contribution is 5.81. The van der Waals surface area contributed by atoms with E-state index in [-0.39, 0.29) is 6.67 Å². The molecule has 0 saturated heterocycles. The molecule has 0 aliphatic carbocycles. The van der Waals surface area contributed by atoms with Crippen molar-refractivity contribution in [3.05, 3.63) is 41.3 Å². The summed E-state index contributed by atoms with van der Waals surface area (Å²) in [4.78, 5) is 4.02. The molecule has 2 aliphatic heterocycles. The van der Waals surface area contributed by atoms with Crippen molar-refractivity contribution < 1.29 is 7.52 Å². The topological polar surface area (TPSA) is 33.6 Å². The van der Waals surface area contributed by atoms with Gasteiger partial charge in [-0.25, -0.2) is 0 Å². The molecule has 0 saturated carbocycles. The van der Waals surface area contributed by atoms with Crippen LogP contribution in [0.15, 0.2) is 40.7 Å². The number of benzene rings is 1. The van der Waals surface area contributed by atoms with Crippen LogP contribution in [0.5, 0.6) is 5.75 Å². The maximum absolute atomic E-state index is 8.13.